The Morgan fingerprint density at radius 1 is 1.08 bits per heavy atom. The zero-order valence-corrected chi connectivity index (χ0v) is 15.0. The van der Waals surface area contributed by atoms with Crippen LogP contribution in [0.2, 0.25) is 0 Å². The monoisotopic (exact) mass is 364 g/mol. The molecule has 1 saturated heterocycles. The van der Waals surface area contributed by atoms with E-state index in [1.54, 1.807) is 12.1 Å². The number of nitrogens with one attached hydrogen (secondary N) is 1. The summed E-state index contributed by atoms with van der Waals surface area (Å²) in [7, 11) is -3.51. The van der Waals surface area contributed by atoms with E-state index in [4.69, 9.17) is 4.74 Å². The number of ether oxygens (including phenoxy) is 1. The van der Waals surface area contributed by atoms with Crippen LogP contribution in [0.4, 0.5) is 0 Å². The Kier molecular flexibility index (Phi) is 4.56. The maximum Gasteiger partial charge on any atom is 0.251 e. The summed E-state index contributed by atoms with van der Waals surface area (Å²) in [6, 6.07) is 6.55. The third-order valence-corrected chi connectivity index (χ3v) is 7.69. The highest BCUT2D eigenvalue weighted by molar-refractivity contribution is 7.89. The topological polar surface area (TPSA) is 75.7 Å². The van der Waals surface area contributed by atoms with Crippen LogP contribution in [-0.2, 0) is 14.8 Å². The number of carbonyl (C=O) groups is 1. The zero-order chi connectivity index (χ0) is 17.4. The number of benzene rings is 1. The predicted octanol–water partition coefficient (Wildman–Crippen LogP) is 1.63. The maximum absolute atomic E-state index is 12.6. The molecule has 1 aromatic rings. The van der Waals surface area contributed by atoms with Gasteiger partial charge in [-0.15, -0.1) is 0 Å². The highest BCUT2D eigenvalue weighted by Crippen LogP contribution is 2.44. The molecular formula is C18H24N2O4S. The van der Waals surface area contributed by atoms with Crippen LogP contribution in [0.3, 0.4) is 0 Å². The second-order valence-corrected chi connectivity index (χ2v) is 9.23. The number of carbonyl (C=O) groups excluding carboxylic acids is 1. The van der Waals surface area contributed by atoms with E-state index in [0.29, 0.717) is 37.8 Å². The zero-order valence-electron chi connectivity index (χ0n) is 14.2. The van der Waals surface area contributed by atoms with Crippen molar-refractivity contribution in [1.82, 2.24) is 9.62 Å². The van der Waals surface area contributed by atoms with Crippen LogP contribution < -0.4 is 5.32 Å². The molecule has 3 atom stereocenters. The van der Waals surface area contributed by atoms with Gasteiger partial charge in [0.1, 0.15) is 0 Å². The smallest absolute Gasteiger partial charge is 0.251 e. The average molecular weight is 364 g/mol. The van der Waals surface area contributed by atoms with Gasteiger partial charge in [0.15, 0.2) is 0 Å². The third kappa shape index (κ3) is 3.32. The van der Waals surface area contributed by atoms with Crippen LogP contribution in [-0.4, -0.2) is 51.0 Å². The summed E-state index contributed by atoms with van der Waals surface area (Å²) in [6.07, 6.45) is 4.83. The van der Waals surface area contributed by atoms with E-state index in [-0.39, 0.29) is 16.8 Å². The Morgan fingerprint density at radius 2 is 1.80 bits per heavy atom. The van der Waals surface area contributed by atoms with E-state index in [2.05, 4.69) is 5.32 Å². The first-order valence-electron chi connectivity index (χ1n) is 9.03. The van der Waals surface area contributed by atoms with Gasteiger partial charge in [-0.2, -0.15) is 4.31 Å². The van der Waals surface area contributed by atoms with Crippen LogP contribution in [0.1, 0.15) is 36.0 Å². The molecule has 2 aliphatic carbocycles. The molecule has 25 heavy (non-hydrogen) atoms. The molecule has 1 aromatic carbocycles. The van der Waals surface area contributed by atoms with Crippen molar-refractivity contribution in [3.63, 3.8) is 0 Å². The molecule has 3 fully saturated rings. The molecule has 6 nitrogen and oxygen atoms in total. The third-order valence-electron chi connectivity index (χ3n) is 5.78. The number of fused-ring (bicyclic) bond motifs is 2. The van der Waals surface area contributed by atoms with Gasteiger partial charge >= 0.3 is 0 Å². The molecule has 4 rings (SSSR count). The Balaban J connectivity index is 1.43. The second kappa shape index (κ2) is 6.70. The molecule has 3 aliphatic rings. The minimum Gasteiger partial charge on any atom is -0.379 e. The molecule has 2 bridgehead atoms. The summed E-state index contributed by atoms with van der Waals surface area (Å²) in [5.41, 5.74) is 0.517. The second-order valence-electron chi connectivity index (χ2n) is 7.30. The molecule has 0 spiro atoms. The minimum absolute atomic E-state index is 0.104. The molecule has 0 unspecified atom stereocenters. The van der Waals surface area contributed by atoms with Crippen molar-refractivity contribution < 1.29 is 17.9 Å². The number of morpholine rings is 1. The summed E-state index contributed by atoms with van der Waals surface area (Å²) in [5, 5.41) is 3.13. The molecule has 2 saturated carbocycles. The molecular weight excluding hydrogens is 340 g/mol. The van der Waals surface area contributed by atoms with Crippen molar-refractivity contribution in [2.24, 2.45) is 11.8 Å². The van der Waals surface area contributed by atoms with Gasteiger partial charge < -0.3 is 10.1 Å². The van der Waals surface area contributed by atoms with Crippen LogP contribution in [0, 0.1) is 11.8 Å². The van der Waals surface area contributed by atoms with E-state index in [1.807, 2.05) is 0 Å². The van der Waals surface area contributed by atoms with E-state index in [1.165, 1.54) is 35.7 Å². The summed E-state index contributed by atoms with van der Waals surface area (Å²) >= 11 is 0. The maximum atomic E-state index is 12.6. The number of hydrogen-bond acceptors (Lipinski definition) is 4. The van der Waals surface area contributed by atoms with E-state index < -0.39 is 10.0 Å². The highest BCUT2D eigenvalue weighted by Gasteiger charge is 2.40. The van der Waals surface area contributed by atoms with Crippen molar-refractivity contribution >= 4 is 15.9 Å². The predicted molar refractivity (Wildman–Crippen MR) is 92.7 cm³/mol. The van der Waals surface area contributed by atoms with Gasteiger partial charge in [0, 0.05) is 24.7 Å². The SMILES string of the molecule is O=C(N[C@H]1C[C@@H]2CC[C@@H]1C2)c1ccc(S(=O)(=O)N2CCOCC2)cc1. The van der Waals surface area contributed by atoms with Crippen molar-refractivity contribution in [3.8, 4) is 0 Å². The molecule has 1 amide bonds. The van der Waals surface area contributed by atoms with E-state index in [9.17, 15) is 13.2 Å². The summed E-state index contributed by atoms with van der Waals surface area (Å²) in [4.78, 5) is 12.7. The normalized spacial score (nSPS) is 29.7. The van der Waals surface area contributed by atoms with Gasteiger partial charge in [0.2, 0.25) is 10.0 Å². The summed E-state index contributed by atoms with van der Waals surface area (Å²) in [5.74, 6) is 1.29. The van der Waals surface area contributed by atoms with E-state index >= 15 is 0 Å². The summed E-state index contributed by atoms with van der Waals surface area (Å²) < 4.78 is 31.8. The Hall–Kier alpha value is -1.44. The molecule has 1 heterocycles. The first kappa shape index (κ1) is 17.0. The standard InChI is InChI=1S/C18H24N2O4S/c21-18(19-17-12-13-1-2-15(17)11-13)14-3-5-16(6-4-14)25(22,23)20-7-9-24-10-8-20/h3-6,13,15,17H,1-2,7-12H2,(H,19,21)/t13-,15-,17+/m1/s1. The van der Waals surface area contributed by atoms with Gasteiger partial charge in [0.25, 0.3) is 5.91 Å². The fraction of sp³-hybridized carbons (Fsp3) is 0.611. The molecule has 7 heteroatoms. The Morgan fingerprint density at radius 3 is 2.40 bits per heavy atom. The molecule has 136 valence electrons. The Labute approximate surface area is 148 Å². The number of hydrogen-bond donors (Lipinski definition) is 1. The van der Waals surface area contributed by atoms with Gasteiger partial charge in [0.05, 0.1) is 18.1 Å². The average Bonchev–Trinajstić information content (AvgIpc) is 3.25. The van der Waals surface area contributed by atoms with Crippen molar-refractivity contribution in [3.05, 3.63) is 29.8 Å². The number of rotatable bonds is 4. The first-order valence-corrected chi connectivity index (χ1v) is 10.5. The Bertz CT molecular complexity index is 741. The summed E-state index contributed by atoms with van der Waals surface area (Å²) in [6.45, 7) is 1.58. The first-order chi connectivity index (χ1) is 12.0. The lowest BCUT2D eigenvalue weighted by molar-refractivity contribution is 0.0730. The lowest BCUT2D eigenvalue weighted by atomic mass is 9.95. The lowest BCUT2D eigenvalue weighted by Gasteiger charge is -2.26. The van der Waals surface area contributed by atoms with Crippen molar-refractivity contribution in [2.75, 3.05) is 26.3 Å². The van der Waals surface area contributed by atoms with Gasteiger partial charge in [-0.3, -0.25) is 4.79 Å². The lowest BCUT2D eigenvalue weighted by Crippen LogP contribution is -2.40. The molecule has 1 aliphatic heterocycles. The number of nitrogens with zero attached hydrogens (tertiary/aromatic N) is 1. The van der Waals surface area contributed by atoms with Gasteiger partial charge in [-0.05, 0) is 55.4 Å². The number of sulfonamides is 1. The van der Waals surface area contributed by atoms with Crippen LogP contribution in [0.15, 0.2) is 29.2 Å². The van der Waals surface area contributed by atoms with Crippen LogP contribution in [0.5, 0.6) is 0 Å². The molecule has 1 N–H and O–H groups in total. The van der Waals surface area contributed by atoms with Crippen molar-refractivity contribution in [2.45, 2.75) is 36.6 Å². The fourth-order valence-corrected chi connectivity index (χ4v) is 5.80. The van der Waals surface area contributed by atoms with Crippen LogP contribution in [0.25, 0.3) is 0 Å². The van der Waals surface area contributed by atoms with E-state index in [0.717, 1.165) is 12.3 Å². The van der Waals surface area contributed by atoms with Gasteiger partial charge in [-0.1, -0.05) is 6.42 Å². The largest absolute Gasteiger partial charge is 0.379 e. The molecule has 0 radical (unpaired) electrons. The van der Waals surface area contributed by atoms with Gasteiger partial charge in [-0.25, -0.2) is 8.42 Å². The van der Waals surface area contributed by atoms with Crippen molar-refractivity contribution in [1.29, 1.82) is 0 Å². The van der Waals surface area contributed by atoms with Crippen LogP contribution >= 0.6 is 0 Å². The quantitative estimate of drug-likeness (QED) is 0.881. The minimum atomic E-state index is -3.51. The molecule has 0 aromatic heterocycles. The fourth-order valence-electron chi connectivity index (χ4n) is 4.39. The highest BCUT2D eigenvalue weighted by atomic mass is 32.2. The number of amides is 1.